The van der Waals surface area contributed by atoms with Crippen molar-refractivity contribution in [3.05, 3.63) is 33.8 Å². The van der Waals surface area contributed by atoms with E-state index in [1.165, 1.54) is 19.3 Å². The van der Waals surface area contributed by atoms with E-state index in [4.69, 9.17) is 11.6 Å². The third-order valence-corrected chi connectivity index (χ3v) is 5.13. The van der Waals surface area contributed by atoms with Gasteiger partial charge in [0, 0.05) is 28.5 Å². The Bertz CT molecular complexity index is 472. The Morgan fingerprint density at radius 2 is 2.05 bits per heavy atom. The molecule has 0 bridgehead atoms. The molecule has 0 saturated heterocycles. The van der Waals surface area contributed by atoms with Crippen LogP contribution < -0.4 is 0 Å². The van der Waals surface area contributed by atoms with Gasteiger partial charge >= 0.3 is 0 Å². The summed E-state index contributed by atoms with van der Waals surface area (Å²) < 4.78 is 0.984. The first-order valence-corrected chi connectivity index (χ1v) is 8.60. The zero-order valence-electron chi connectivity index (χ0n) is 11.9. The number of rotatable bonds is 4. The number of hydrogen-bond acceptors (Lipinski definition) is 1. The van der Waals surface area contributed by atoms with Crippen LogP contribution in [-0.2, 0) is 0 Å². The number of nitrogens with zero attached hydrogens (tertiary/aromatic N) is 1. The van der Waals surface area contributed by atoms with E-state index >= 15 is 0 Å². The number of alkyl halides is 1. The van der Waals surface area contributed by atoms with Gasteiger partial charge in [0.2, 0.25) is 0 Å². The average molecular weight is 359 g/mol. The zero-order valence-corrected chi connectivity index (χ0v) is 14.2. The van der Waals surface area contributed by atoms with Crippen molar-refractivity contribution in [1.29, 1.82) is 0 Å². The Hall–Kier alpha value is -0.540. The highest BCUT2D eigenvalue weighted by Crippen LogP contribution is 2.26. The molecule has 0 unspecified atom stereocenters. The molecule has 0 atom stereocenters. The molecule has 2 nitrogen and oxygen atoms in total. The minimum Gasteiger partial charge on any atom is -0.334 e. The van der Waals surface area contributed by atoms with Gasteiger partial charge in [0.05, 0.1) is 0 Å². The summed E-state index contributed by atoms with van der Waals surface area (Å²) in [6, 6.07) is 6.16. The topological polar surface area (TPSA) is 20.3 Å². The molecule has 1 aliphatic rings. The van der Waals surface area contributed by atoms with Gasteiger partial charge in [-0.3, -0.25) is 4.79 Å². The Morgan fingerprint density at radius 3 is 2.70 bits per heavy atom. The lowest BCUT2D eigenvalue weighted by Gasteiger charge is -2.34. The highest BCUT2D eigenvalue weighted by Gasteiger charge is 2.26. The Balaban J connectivity index is 2.23. The van der Waals surface area contributed by atoms with Gasteiger partial charge in [0.25, 0.3) is 5.91 Å². The van der Waals surface area contributed by atoms with Crippen LogP contribution in [0.3, 0.4) is 0 Å². The minimum absolute atomic E-state index is 0.122. The fraction of sp³-hybridized carbons (Fsp3) is 0.562. The molecule has 1 aromatic rings. The summed E-state index contributed by atoms with van der Waals surface area (Å²) in [6.07, 6.45) is 5.93. The molecule has 1 amide bonds. The van der Waals surface area contributed by atoms with E-state index in [0.717, 1.165) is 28.4 Å². The van der Waals surface area contributed by atoms with Crippen LogP contribution in [0.5, 0.6) is 0 Å². The van der Waals surface area contributed by atoms with Gasteiger partial charge in [0.15, 0.2) is 0 Å². The number of hydrogen-bond donors (Lipinski definition) is 0. The first-order chi connectivity index (χ1) is 9.65. The second kappa shape index (κ2) is 7.46. The monoisotopic (exact) mass is 357 g/mol. The Kier molecular flexibility index (Phi) is 5.91. The molecule has 0 aliphatic heterocycles. The largest absolute Gasteiger partial charge is 0.334 e. The van der Waals surface area contributed by atoms with Crippen LogP contribution in [0.4, 0.5) is 0 Å². The maximum atomic E-state index is 12.9. The fourth-order valence-electron chi connectivity index (χ4n) is 2.93. The van der Waals surface area contributed by atoms with E-state index in [0.29, 0.717) is 18.5 Å². The maximum absolute atomic E-state index is 12.9. The highest BCUT2D eigenvalue weighted by atomic mass is 79.9. The molecule has 0 heterocycles. The molecule has 1 aromatic carbocycles. The smallest absolute Gasteiger partial charge is 0.254 e. The van der Waals surface area contributed by atoms with Crippen molar-refractivity contribution in [1.82, 2.24) is 4.90 Å². The van der Waals surface area contributed by atoms with Crippen LogP contribution in [0.2, 0.25) is 0 Å². The van der Waals surface area contributed by atoms with Gasteiger partial charge in [-0.2, -0.15) is 0 Å². The van der Waals surface area contributed by atoms with E-state index < -0.39 is 0 Å². The highest BCUT2D eigenvalue weighted by molar-refractivity contribution is 9.10. The standard InChI is InChI=1S/C16H21BrClNO/c1-12-14(8-5-9-15(12)17)16(20)19(11-10-18)13-6-3-2-4-7-13/h5,8-9,13H,2-4,6-7,10-11H2,1H3. The van der Waals surface area contributed by atoms with Gasteiger partial charge in [-0.1, -0.05) is 41.3 Å². The van der Waals surface area contributed by atoms with Crippen molar-refractivity contribution in [3.63, 3.8) is 0 Å². The minimum atomic E-state index is 0.122. The lowest BCUT2D eigenvalue weighted by molar-refractivity contribution is 0.0649. The van der Waals surface area contributed by atoms with Crippen molar-refractivity contribution < 1.29 is 4.79 Å². The van der Waals surface area contributed by atoms with Crippen LogP contribution >= 0.6 is 27.5 Å². The number of amides is 1. The maximum Gasteiger partial charge on any atom is 0.254 e. The van der Waals surface area contributed by atoms with Gasteiger partial charge in [0.1, 0.15) is 0 Å². The lowest BCUT2D eigenvalue weighted by atomic mass is 9.93. The van der Waals surface area contributed by atoms with Crippen LogP contribution in [-0.4, -0.2) is 29.3 Å². The predicted molar refractivity (Wildman–Crippen MR) is 87.5 cm³/mol. The fourth-order valence-corrected chi connectivity index (χ4v) is 3.48. The van der Waals surface area contributed by atoms with Gasteiger partial charge in [-0.25, -0.2) is 0 Å². The van der Waals surface area contributed by atoms with E-state index in [9.17, 15) is 4.79 Å². The molecule has 4 heteroatoms. The summed E-state index contributed by atoms with van der Waals surface area (Å²) in [6.45, 7) is 2.62. The van der Waals surface area contributed by atoms with E-state index in [2.05, 4.69) is 15.9 Å². The number of benzene rings is 1. The van der Waals surface area contributed by atoms with E-state index in [-0.39, 0.29) is 5.91 Å². The summed E-state index contributed by atoms with van der Waals surface area (Å²) in [7, 11) is 0. The molecule has 0 aromatic heterocycles. The Labute approximate surface area is 134 Å². The molecule has 1 saturated carbocycles. The summed E-state index contributed by atoms with van der Waals surface area (Å²) in [5.41, 5.74) is 1.79. The second-order valence-electron chi connectivity index (χ2n) is 5.39. The molecule has 1 fully saturated rings. The third kappa shape index (κ3) is 3.56. The number of halogens is 2. The third-order valence-electron chi connectivity index (χ3n) is 4.10. The molecule has 110 valence electrons. The van der Waals surface area contributed by atoms with Gasteiger partial charge < -0.3 is 4.90 Å². The Morgan fingerprint density at radius 1 is 1.35 bits per heavy atom. The SMILES string of the molecule is Cc1c(Br)cccc1C(=O)N(CCCl)C1CCCCC1. The first kappa shape index (κ1) is 15.8. The van der Waals surface area contributed by atoms with Crippen LogP contribution in [0.1, 0.15) is 48.0 Å². The van der Waals surface area contributed by atoms with Gasteiger partial charge in [-0.15, -0.1) is 11.6 Å². The quantitative estimate of drug-likeness (QED) is 0.710. The predicted octanol–water partition coefficient (Wildman–Crippen LogP) is 4.77. The zero-order chi connectivity index (χ0) is 14.5. The summed E-state index contributed by atoms with van der Waals surface area (Å²) >= 11 is 9.42. The van der Waals surface area contributed by atoms with Crippen molar-refractivity contribution in [3.8, 4) is 0 Å². The average Bonchev–Trinajstić information content (AvgIpc) is 2.48. The second-order valence-corrected chi connectivity index (χ2v) is 6.62. The number of carbonyl (C=O) groups is 1. The molecule has 20 heavy (non-hydrogen) atoms. The first-order valence-electron chi connectivity index (χ1n) is 7.27. The summed E-state index contributed by atoms with van der Waals surface area (Å²) in [5.74, 6) is 0.617. The molecule has 0 N–H and O–H groups in total. The van der Waals surface area contributed by atoms with Crippen molar-refractivity contribution in [2.75, 3.05) is 12.4 Å². The van der Waals surface area contributed by atoms with Crippen molar-refractivity contribution in [2.45, 2.75) is 45.1 Å². The van der Waals surface area contributed by atoms with Crippen LogP contribution in [0.25, 0.3) is 0 Å². The molecular formula is C16H21BrClNO. The van der Waals surface area contributed by atoms with Crippen molar-refractivity contribution in [2.24, 2.45) is 0 Å². The molecule has 2 rings (SSSR count). The molecule has 0 spiro atoms. The molecule has 0 radical (unpaired) electrons. The summed E-state index contributed by atoms with van der Waals surface area (Å²) in [5, 5.41) is 0. The molecular weight excluding hydrogens is 338 g/mol. The molecule has 1 aliphatic carbocycles. The normalized spacial score (nSPS) is 16.1. The van der Waals surface area contributed by atoms with Crippen LogP contribution in [0.15, 0.2) is 22.7 Å². The summed E-state index contributed by atoms with van der Waals surface area (Å²) in [4.78, 5) is 14.8. The van der Waals surface area contributed by atoms with Crippen molar-refractivity contribution >= 4 is 33.4 Å². The van der Waals surface area contributed by atoms with E-state index in [1.54, 1.807) is 0 Å². The van der Waals surface area contributed by atoms with E-state index in [1.807, 2.05) is 30.0 Å². The van der Waals surface area contributed by atoms with Crippen LogP contribution in [0, 0.1) is 6.92 Å². The van der Waals surface area contributed by atoms with Gasteiger partial charge in [-0.05, 0) is 37.5 Å². The number of carbonyl (C=O) groups excluding carboxylic acids is 1. The lowest BCUT2D eigenvalue weighted by Crippen LogP contribution is -2.42.